The predicted molar refractivity (Wildman–Crippen MR) is 121 cm³/mol. The van der Waals surface area contributed by atoms with E-state index in [1.807, 2.05) is 13.8 Å². The van der Waals surface area contributed by atoms with E-state index in [4.69, 9.17) is 17.2 Å². The number of unbranched alkanes of at least 4 members (excludes halogenated alkanes) is 1. The second kappa shape index (κ2) is 14.5. The Labute approximate surface area is 179 Å². The molecule has 1 heterocycles. The molecule has 2 amide bonds. The first kappa shape index (κ1) is 25.6. The first-order valence-corrected chi connectivity index (χ1v) is 11.5. The Hall–Kier alpha value is -1.48. The van der Waals surface area contributed by atoms with E-state index in [-0.39, 0.29) is 11.8 Å². The maximum absolute atomic E-state index is 12.6. The van der Waals surface area contributed by atoms with Gasteiger partial charge in [0.2, 0.25) is 11.8 Å². The topological polar surface area (TPSA) is 136 Å². The lowest BCUT2D eigenvalue weighted by Gasteiger charge is -2.21. The van der Waals surface area contributed by atoms with Crippen molar-refractivity contribution in [2.75, 3.05) is 19.6 Å². The minimum atomic E-state index is -0.599. The van der Waals surface area contributed by atoms with E-state index >= 15 is 0 Å². The summed E-state index contributed by atoms with van der Waals surface area (Å²) >= 11 is 1.76. The van der Waals surface area contributed by atoms with Crippen molar-refractivity contribution >= 4 is 23.2 Å². The normalized spacial score (nSPS) is 13.3. The maximum atomic E-state index is 12.6. The van der Waals surface area contributed by atoms with Crippen molar-refractivity contribution in [3.63, 3.8) is 0 Å². The van der Waals surface area contributed by atoms with E-state index in [1.54, 1.807) is 11.3 Å². The van der Waals surface area contributed by atoms with E-state index in [1.165, 1.54) is 9.75 Å². The van der Waals surface area contributed by atoms with Crippen molar-refractivity contribution in [2.24, 2.45) is 23.1 Å². The van der Waals surface area contributed by atoms with Gasteiger partial charge in [0, 0.05) is 16.3 Å². The van der Waals surface area contributed by atoms with E-state index in [9.17, 15) is 9.59 Å². The van der Waals surface area contributed by atoms with Crippen molar-refractivity contribution in [3.8, 4) is 0 Å². The van der Waals surface area contributed by atoms with E-state index in [0.717, 1.165) is 32.1 Å². The highest BCUT2D eigenvalue weighted by molar-refractivity contribution is 7.11. The van der Waals surface area contributed by atoms with Crippen LogP contribution in [0.2, 0.25) is 0 Å². The monoisotopic (exact) mass is 425 g/mol. The molecule has 0 bridgehead atoms. The lowest BCUT2D eigenvalue weighted by atomic mass is 10.0. The summed E-state index contributed by atoms with van der Waals surface area (Å²) in [6.07, 6.45) is 5.51. The Morgan fingerprint density at radius 1 is 1.00 bits per heavy atom. The highest BCUT2D eigenvalue weighted by atomic mass is 32.1. The average molecular weight is 426 g/mol. The third kappa shape index (κ3) is 10.7. The van der Waals surface area contributed by atoms with Crippen molar-refractivity contribution in [1.82, 2.24) is 10.6 Å². The van der Waals surface area contributed by atoms with Crippen molar-refractivity contribution in [3.05, 3.63) is 21.9 Å². The van der Waals surface area contributed by atoms with Crippen LogP contribution in [0, 0.1) is 5.92 Å². The van der Waals surface area contributed by atoms with Gasteiger partial charge in [-0.1, -0.05) is 13.8 Å². The molecule has 8 heteroatoms. The Balaban J connectivity index is 2.52. The molecule has 0 aliphatic carbocycles. The van der Waals surface area contributed by atoms with Crippen molar-refractivity contribution in [2.45, 2.75) is 70.9 Å². The second-order valence-electron chi connectivity index (χ2n) is 7.88. The van der Waals surface area contributed by atoms with Crippen LogP contribution >= 0.6 is 11.3 Å². The molecule has 0 spiro atoms. The largest absolute Gasteiger partial charge is 0.354 e. The van der Waals surface area contributed by atoms with Crippen LogP contribution in [0.3, 0.4) is 0 Å². The number of nitrogens with one attached hydrogen (secondary N) is 2. The zero-order valence-corrected chi connectivity index (χ0v) is 18.7. The van der Waals surface area contributed by atoms with E-state index in [0.29, 0.717) is 38.4 Å². The molecule has 0 aliphatic heterocycles. The highest BCUT2D eigenvalue weighted by Crippen LogP contribution is 2.18. The average Bonchev–Trinajstić information content (AvgIpc) is 3.12. The number of thiophene rings is 1. The van der Waals surface area contributed by atoms with Crippen molar-refractivity contribution < 1.29 is 9.59 Å². The number of amides is 2. The SMILES string of the molecule is CC(C)C[C@@H](N)C(=O)N[C@H](CCCCN)C(=O)NCCc1ccc(CCCN)s1. The molecule has 0 saturated carbocycles. The number of hydrogen-bond acceptors (Lipinski definition) is 6. The van der Waals surface area contributed by atoms with E-state index < -0.39 is 12.1 Å². The molecular formula is C21H39N5O2S. The summed E-state index contributed by atoms with van der Waals surface area (Å²) in [7, 11) is 0. The molecule has 8 N–H and O–H groups in total. The van der Waals surface area contributed by atoms with Gasteiger partial charge in [-0.15, -0.1) is 11.3 Å². The van der Waals surface area contributed by atoms with Gasteiger partial charge in [-0.2, -0.15) is 0 Å². The van der Waals surface area contributed by atoms with Gasteiger partial charge in [-0.3, -0.25) is 9.59 Å². The minimum absolute atomic E-state index is 0.160. The number of carbonyl (C=O) groups is 2. The van der Waals surface area contributed by atoms with Crippen LogP contribution in [-0.4, -0.2) is 43.5 Å². The molecule has 29 heavy (non-hydrogen) atoms. The van der Waals surface area contributed by atoms with Crippen LogP contribution in [0.4, 0.5) is 0 Å². The number of rotatable bonds is 15. The molecule has 0 radical (unpaired) electrons. The van der Waals surface area contributed by atoms with Gasteiger partial charge < -0.3 is 27.8 Å². The fourth-order valence-electron chi connectivity index (χ4n) is 3.05. The summed E-state index contributed by atoms with van der Waals surface area (Å²) in [6.45, 7) is 5.84. The zero-order chi connectivity index (χ0) is 21.6. The summed E-state index contributed by atoms with van der Waals surface area (Å²) in [5.74, 6) is -0.109. The fraction of sp³-hybridized carbons (Fsp3) is 0.714. The van der Waals surface area contributed by atoms with E-state index in [2.05, 4.69) is 22.8 Å². The molecule has 0 aromatic carbocycles. The van der Waals surface area contributed by atoms with Crippen LogP contribution in [0.5, 0.6) is 0 Å². The van der Waals surface area contributed by atoms with Gasteiger partial charge in [-0.25, -0.2) is 0 Å². The molecule has 0 unspecified atom stereocenters. The van der Waals surface area contributed by atoms with Gasteiger partial charge in [-0.05, 0) is 76.1 Å². The summed E-state index contributed by atoms with van der Waals surface area (Å²) in [4.78, 5) is 27.6. The molecule has 0 saturated heterocycles. The Bertz CT molecular complexity index is 606. The smallest absolute Gasteiger partial charge is 0.242 e. The van der Waals surface area contributed by atoms with Crippen LogP contribution in [-0.2, 0) is 22.4 Å². The fourth-order valence-corrected chi connectivity index (χ4v) is 4.11. The van der Waals surface area contributed by atoms with Gasteiger partial charge in [0.1, 0.15) is 6.04 Å². The van der Waals surface area contributed by atoms with Crippen LogP contribution in [0.25, 0.3) is 0 Å². The summed E-state index contributed by atoms with van der Waals surface area (Å²) in [6, 6.07) is 3.06. The Morgan fingerprint density at radius 3 is 2.28 bits per heavy atom. The third-order valence-corrected chi connectivity index (χ3v) is 5.86. The minimum Gasteiger partial charge on any atom is -0.354 e. The lowest BCUT2D eigenvalue weighted by Crippen LogP contribution is -2.52. The van der Waals surface area contributed by atoms with Gasteiger partial charge >= 0.3 is 0 Å². The summed E-state index contributed by atoms with van der Waals surface area (Å²) in [5.41, 5.74) is 17.1. The number of nitrogens with two attached hydrogens (primary N) is 3. The van der Waals surface area contributed by atoms with Crippen molar-refractivity contribution in [1.29, 1.82) is 0 Å². The van der Waals surface area contributed by atoms with Gasteiger partial charge in [0.15, 0.2) is 0 Å². The lowest BCUT2D eigenvalue weighted by molar-refractivity contribution is -0.130. The first-order valence-electron chi connectivity index (χ1n) is 10.7. The third-order valence-electron chi connectivity index (χ3n) is 4.66. The quantitative estimate of drug-likeness (QED) is 0.270. The molecule has 0 fully saturated rings. The van der Waals surface area contributed by atoms with Gasteiger partial charge in [0.25, 0.3) is 0 Å². The van der Waals surface area contributed by atoms with Gasteiger partial charge in [0.05, 0.1) is 6.04 Å². The molecule has 7 nitrogen and oxygen atoms in total. The Morgan fingerprint density at radius 2 is 1.66 bits per heavy atom. The Kier molecular flexibility index (Phi) is 12.8. The summed E-state index contributed by atoms with van der Waals surface area (Å²) < 4.78 is 0. The number of hydrogen-bond donors (Lipinski definition) is 5. The zero-order valence-electron chi connectivity index (χ0n) is 17.9. The van der Waals surface area contributed by atoms with Crippen LogP contribution in [0.1, 0.15) is 55.7 Å². The second-order valence-corrected chi connectivity index (χ2v) is 9.14. The van der Waals surface area contributed by atoms with Crippen LogP contribution < -0.4 is 27.8 Å². The molecule has 1 rings (SSSR count). The molecular weight excluding hydrogens is 386 g/mol. The molecule has 1 aromatic heterocycles. The molecule has 166 valence electrons. The predicted octanol–water partition coefficient (Wildman–Crippen LogP) is 1.29. The number of aryl methyl sites for hydroxylation is 1. The molecule has 1 aromatic rings. The number of carbonyl (C=O) groups excluding carboxylic acids is 2. The highest BCUT2D eigenvalue weighted by Gasteiger charge is 2.23. The molecule has 0 aliphatic rings. The maximum Gasteiger partial charge on any atom is 0.242 e. The summed E-state index contributed by atoms with van der Waals surface area (Å²) in [5, 5.41) is 5.79. The van der Waals surface area contributed by atoms with Crippen LogP contribution in [0.15, 0.2) is 12.1 Å². The molecule has 2 atom stereocenters. The first-order chi connectivity index (χ1) is 13.9. The standard InChI is InChI=1S/C21H39N5O2S/c1-15(2)14-18(24)20(27)26-19(7-3-4-11-22)21(28)25-13-10-17-9-8-16(29-17)6-5-12-23/h8-9,15,18-19H,3-7,10-14,22-24H2,1-2H3,(H,25,28)(H,26,27)/t18-,19-/m1/s1.